The summed E-state index contributed by atoms with van der Waals surface area (Å²) in [5.41, 5.74) is 8.63. The molecule has 2 rings (SSSR count). The van der Waals surface area contributed by atoms with Crippen molar-refractivity contribution in [1.29, 1.82) is 0 Å². The van der Waals surface area contributed by atoms with E-state index in [0.29, 0.717) is 18.6 Å². The van der Waals surface area contributed by atoms with E-state index in [1.54, 1.807) is 0 Å². The molecule has 1 unspecified atom stereocenters. The van der Waals surface area contributed by atoms with E-state index in [2.05, 4.69) is 23.8 Å². The van der Waals surface area contributed by atoms with E-state index in [-0.39, 0.29) is 0 Å². The smallest absolute Gasteiger partial charge is 0.0540 e. The van der Waals surface area contributed by atoms with E-state index in [4.69, 9.17) is 5.73 Å². The number of likely N-dealkylation sites (N-methyl/N-ethyl adjacent to an activating group) is 1. The van der Waals surface area contributed by atoms with Crippen molar-refractivity contribution in [1.82, 2.24) is 14.7 Å². The van der Waals surface area contributed by atoms with Gasteiger partial charge in [0.2, 0.25) is 0 Å². The molecule has 0 aliphatic heterocycles. The van der Waals surface area contributed by atoms with Gasteiger partial charge in [-0.15, -0.1) is 0 Å². The number of aromatic nitrogens is 2. The van der Waals surface area contributed by atoms with E-state index in [0.717, 1.165) is 6.54 Å². The molecule has 2 N–H and O–H groups in total. The fraction of sp³-hybridized carbons (Fsp3) is 0.800. The number of rotatable bonds is 5. The summed E-state index contributed by atoms with van der Waals surface area (Å²) < 4.78 is 1.95. The maximum atomic E-state index is 6.09. The van der Waals surface area contributed by atoms with Crippen LogP contribution in [0.1, 0.15) is 56.3 Å². The van der Waals surface area contributed by atoms with Crippen LogP contribution in [-0.2, 0) is 7.05 Å². The van der Waals surface area contributed by atoms with Crippen LogP contribution < -0.4 is 5.73 Å². The maximum Gasteiger partial charge on any atom is 0.0540 e. The Balaban J connectivity index is 2.20. The van der Waals surface area contributed by atoms with Crippen LogP contribution >= 0.6 is 0 Å². The summed E-state index contributed by atoms with van der Waals surface area (Å²) in [6.07, 6.45) is 8.77. The van der Waals surface area contributed by atoms with Crippen LogP contribution in [0.3, 0.4) is 0 Å². The first-order chi connectivity index (χ1) is 9.19. The Morgan fingerprint density at radius 2 is 2.11 bits per heavy atom. The first-order valence-corrected chi connectivity index (χ1v) is 7.63. The lowest BCUT2D eigenvalue weighted by Gasteiger charge is -2.39. The number of aryl methyl sites for hydroxylation is 1. The van der Waals surface area contributed by atoms with Gasteiger partial charge in [0.05, 0.1) is 12.2 Å². The first-order valence-electron chi connectivity index (χ1n) is 7.63. The number of nitrogens with two attached hydrogens (primary N) is 1. The van der Waals surface area contributed by atoms with Gasteiger partial charge in [-0.05, 0) is 26.3 Å². The van der Waals surface area contributed by atoms with Crippen molar-refractivity contribution < 1.29 is 0 Å². The van der Waals surface area contributed by atoms with E-state index >= 15 is 0 Å². The molecule has 4 heteroatoms. The van der Waals surface area contributed by atoms with Crippen LogP contribution in [0.25, 0.3) is 0 Å². The monoisotopic (exact) mass is 264 g/mol. The molecule has 1 aliphatic rings. The summed E-state index contributed by atoms with van der Waals surface area (Å²) in [5.74, 6) is 0. The van der Waals surface area contributed by atoms with Crippen molar-refractivity contribution in [2.24, 2.45) is 12.8 Å². The van der Waals surface area contributed by atoms with Crippen LogP contribution in [0.5, 0.6) is 0 Å². The van der Waals surface area contributed by atoms with Crippen molar-refractivity contribution in [2.45, 2.75) is 58.0 Å². The molecule has 1 heterocycles. The predicted molar refractivity (Wildman–Crippen MR) is 79.0 cm³/mol. The van der Waals surface area contributed by atoms with E-state index in [1.165, 1.54) is 43.4 Å². The third-order valence-electron chi connectivity index (χ3n) is 4.66. The molecule has 0 saturated heterocycles. The molecule has 108 valence electrons. The summed E-state index contributed by atoms with van der Waals surface area (Å²) in [5, 5.41) is 4.38. The van der Waals surface area contributed by atoms with Crippen LogP contribution in [0.15, 0.2) is 6.20 Å². The van der Waals surface area contributed by atoms with Crippen molar-refractivity contribution >= 4 is 0 Å². The summed E-state index contributed by atoms with van der Waals surface area (Å²) >= 11 is 0. The first kappa shape index (κ1) is 14.5. The minimum absolute atomic E-state index is 0.321. The second kappa shape index (κ2) is 6.53. The minimum Gasteiger partial charge on any atom is -0.329 e. The Kier molecular flexibility index (Phi) is 4.99. The predicted octanol–water partition coefficient (Wildman–Crippen LogP) is 2.38. The third-order valence-corrected chi connectivity index (χ3v) is 4.66. The third kappa shape index (κ3) is 3.00. The highest BCUT2D eigenvalue weighted by Gasteiger charge is 2.28. The van der Waals surface area contributed by atoms with Gasteiger partial charge in [-0.25, -0.2) is 0 Å². The van der Waals surface area contributed by atoms with Crippen LogP contribution in [0.4, 0.5) is 0 Å². The molecule has 1 aromatic rings. The standard InChI is InChI=1S/C15H28N4/c1-4-19(13-8-6-5-7-9-13)15(10-16)14-11-17-18(3)12(14)2/h11,13,15H,4-10,16H2,1-3H3. The topological polar surface area (TPSA) is 47.1 Å². The zero-order valence-electron chi connectivity index (χ0n) is 12.6. The second-order valence-corrected chi connectivity index (χ2v) is 5.68. The normalized spacial score (nSPS) is 19.0. The summed E-state index contributed by atoms with van der Waals surface area (Å²) in [4.78, 5) is 2.60. The summed E-state index contributed by atoms with van der Waals surface area (Å²) in [6, 6.07) is 1.02. The van der Waals surface area contributed by atoms with Crippen LogP contribution in [0.2, 0.25) is 0 Å². The summed E-state index contributed by atoms with van der Waals surface area (Å²) in [6.45, 7) is 6.14. The molecule has 0 amide bonds. The fourth-order valence-corrected chi connectivity index (χ4v) is 3.43. The van der Waals surface area contributed by atoms with Gasteiger partial charge in [0.15, 0.2) is 0 Å². The molecule has 1 atom stereocenters. The molecule has 0 bridgehead atoms. The molecule has 1 aromatic heterocycles. The lowest BCUT2D eigenvalue weighted by Crippen LogP contribution is -2.42. The zero-order valence-corrected chi connectivity index (χ0v) is 12.6. The molecule has 0 radical (unpaired) electrons. The van der Waals surface area contributed by atoms with Crippen molar-refractivity contribution in [3.63, 3.8) is 0 Å². The molecule has 0 spiro atoms. The lowest BCUT2D eigenvalue weighted by molar-refractivity contribution is 0.113. The van der Waals surface area contributed by atoms with Crippen molar-refractivity contribution in [3.8, 4) is 0 Å². The van der Waals surface area contributed by atoms with Gasteiger partial charge in [0.1, 0.15) is 0 Å². The van der Waals surface area contributed by atoms with E-state index < -0.39 is 0 Å². The molecular formula is C15H28N4. The molecule has 1 fully saturated rings. The minimum atomic E-state index is 0.321. The number of hydrogen-bond donors (Lipinski definition) is 1. The quantitative estimate of drug-likeness (QED) is 0.888. The average Bonchev–Trinajstić information content (AvgIpc) is 2.77. The van der Waals surface area contributed by atoms with Crippen molar-refractivity contribution in [2.75, 3.05) is 13.1 Å². The van der Waals surface area contributed by atoms with Gasteiger partial charge < -0.3 is 5.73 Å². The molecule has 19 heavy (non-hydrogen) atoms. The summed E-state index contributed by atoms with van der Waals surface area (Å²) in [7, 11) is 2.00. The van der Waals surface area contributed by atoms with Gasteiger partial charge in [-0.3, -0.25) is 9.58 Å². The highest BCUT2D eigenvalue weighted by Crippen LogP contribution is 2.30. The number of hydrogen-bond acceptors (Lipinski definition) is 3. The number of nitrogens with zero attached hydrogens (tertiary/aromatic N) is 3. The highest BCUT2D eigenvalue weighted by atomic mass is 15.3. The van der Waals surface area contributed by atoms with Gasteiger partial charge in [-0.2, -0.15) is 5.10 Å². The average molecular weight is 264 g/mol. The second-order valence-electron chi connectivity index (χ2n) is 5.68. The zero-order chi connectivity index (χ0) is 13.8. The van der Waals surface area contributed by atoms with Crippen LogP contribution in [0, 0.1) is 6.92 Å². The maximum absolute atomic E-state index is 6.09. The van der Waals surface area contributed by atoms with Crippen LogP contribution in [-0.4, -0.2) is 33.8 Å². The van der Waals surface area contributed by atoms with E-state index in [9.17, 15) is 0 Å². The fourth-order valence-electron chi connectivity index (χ4n) is 3.43. The van der Waals surface area contributed by atoms with Gasteiger partial charge in [0, 0.05) is 30.9 Å². The Hall–Kier alpha value is -0.870. The van der Waals surface area contributed by atoms with E-state index in [1.807, 2.05) is 17.9 Å². The Morgan fingerprint density at radius 1 is 1.42 bits per heavy atom. The molecular weight excluding hydrogens is 236 g/mol. The Labute approximate surface area is 117 Å². The highest BCUT2D eigenvalue weighted by molar-refractivity contribution is 5.21. The van der Waals surface area contributed by atoms with Gasteiger partial charge in [-0.1, -0.05) is 26.2 Å². The molecule has 1 aliphatic carbocycles. The van der Waals surface area contributed by atoms with Crippen molar-refractivity contribution in [3.05, 3.63) is 17.5 Å². The van der Waals surface area contributed by atoms with Gasteiger partial charge in [0.25, 0.3) is 0 Å². The van der Waals surface area contributed by atoms with Gasteiger partial charge >= 0.3 is 0 Å². The molecule has 0 aromatic carbocycles. The largest absolute Gasteiger partial charge is 0.329 e. The lowest BCUT2D eigenvalue weighted by atomic mass is 9.92. The molecule has 4 nitrogen and oxygen atoms in total. The SMILES string of the molecule is CCN(C1CCCCC1)C(CN)c1cnn(C)c1C. The Bertz CT molecular complexity index is 393. The molecule has 1 saturated carbocycles. The Morgan fingerprint density at radius 3 is 2.58 bits per heavy atom.